The topological polar surface area (TPSA) is 59.3 Å². The molecule has 0 aliphatic heterocycles. The molecule has 0 amide bonds. The molecule has 0 aliphatic carbocycles. The summed E-state index contributed by atoms with van der Waals surface area (Å²) >= 11 is 0. The minimum atomic E-state index is -3.62. The van der Waals surface area contributed by atoms with Crippen molar-refractivity contribution in [2.75, 3.05) is 0 Å². The van der Waals surface area contributed by atoms with E-state index in [0.29, 0.717) is 12.0 Å². The van der Waals surface area contributed by atoms with Gasteiger partial charge in [-0.1, -0.05) is 48.5 Å². The molecule has 1 heterocycles. The normalized spacial score (nSPS) is 12.9. The number of nitrogens with zero attached hydrogens (tertiary/aromatic N) is 1. The van der Waals surface area contributed by atoms with Crippen LogP contribution in [0.4, 0.5) is 0 Å². The van der Waals surface area contributed by atoms with Gasteiger partial charge in [0.25, 0.3) is 10.0 Å². The second kappa shape index (κ2) is 6.40. The van der Waals surface area contributed by atoms with Crippen molar-refractivity contribution in [2.45, 2.75) is 17.4 Å². The first kappa shape index (κ1) is 15.5. The van der Waals surface area contributed by atoms with Gasteiger partial charge in [-0.15, -0.1) is 0 Å². The van der Waals surface area contributed by atoms with Crippen molar-refractivity contribution in [1.29, 1.82) is 0 Å². The fourth-order valence-electron chi connectivity index (χ4n) is 2.41. The molecule has 2 aromatic carbocycles. The van der Waals surface area contributed by atoms with E-state index in [-0.39, 0.29) is 4.90 Å². The Balaban J connectivity index is 1.83. The minimum Gasteiger partial charge on any atom is -0.388 e. The third-order valence-electron chi connectivity index (χ3n) is 3.67. The summed E-state index contributed by atoms with van der Waals surface area (Å²) < 4.78 is 26.2. The Labute approximate surface area is 135 Å². The van der Waals surface area contributed by atoms with Crippen molar-refractivity contribution in [3.63, 3.8) is 0 Å². The summed E-state index contributed by atoms with van der Waals surface area (Å²) in [5.74, 6) is 0. The van der Waals surface area contributed by atoms with E-state index in [1.165, 1.54) is 12.4 Å². The molecule has 1 atom stereocenters. The zero-order valence-electron chi connectivity index (χ0n) is 12.4. The second-order valence-corrected chi connectivity index (χ2v) is 7.14. The number of aliphatic hydroxyl groups excluding tert-OH is 1. The van der Waals surface area contributed by atoms with Crippen LogP contribution in [-0.2, 0) is 16.4 Å². The third-order valence-corrected chi connectivity index (χ3v) is 5.32. The predicted octanol–water partition coefficient (Wildman–Crippen LogP) is 3.00. The quantitative estimate of drug-likeness (QED) is 0.784. The van der Waals surface area contributed by atoms with Gasteiger partial charge in [0.1, 0.15) is 0 Å². The smallest absolute Gasteiger partial charge is 0.267 e. The Bertz CT molecular complexity index is 871. The Hall–Kier alpha value is -2.37. The Morgan fingerprint density at radius 1 is 0.913 bits per heavy atom. The highest BCUT2D eigenvalue weighted by molar-refractivity contribution is 7.90. The van der Waals surface area contributed by atoms with Crippen molar-refractivity contribution in [1.82, 2.24) is 3.97 Å². The summed E-state index contributed by atoms with van der Waals surface area (Å²) in [6.07, 6.45) is 2.63. The lowest BCUT2D eigenvalue weighted by molar-refractivity contribution is 0.178. The van der Waals surface area contributed by atoms with E-state index in [4.69, 9.17) is 0 Å². The molecule has 0 spiro atoms. The molecule has 0 bridgehead atoms. The van der Waals surface area contributed by atoms with Crippen LogP contribution in [0.15, 0.2) is 84.0 Å². The Morgan fingerprint density at radius 2 is 1.52 bits per heavy atom. The lowest BCUT2D eigenvalue weighted by atomic mass is 10.0. The molecule has 4 nitrogen and oxygen atoms in total. The molecule has 3 aromatic rings. The lowest BCUT2D eigenvalue weighted by Crippen LogP contribution is -2.11. The molecule has 0 fully saturated rings. The number of hydrogen-bond acceptors (Lipinski definition) is 3. The van der Waals surface area contributed by atoms with E-state index in [9.17, 15) is 13.5 Å². The fourth-order valence-corrected chi connectivity index (χ4v) is 3.63. The second-order valence-electron chi connectivity index (χ2n) is 5.30. The molecule has 1 unspecified atom stereocenters. The van der Waals surface area contributed by atoms with Crippen LogP contribution in [-0.4, -0.2) is 17.5 Å². The molecule has 0 saturated heterocycles. The minimum absolute atomic E-state index is 0.222. The molecule has 0 saturated carbocycles. The van der Waals surface area contributed by atoms with Gasteiger partial charge in [0.15, 0.2) is 0 Å². The summed E-state index contributed by atoms with van der Waals surface area (Å²) in [6.45, 7) is 0. The van der Waals surface area contributed by atoms with Crippen LogP contribution in [0, 0.1) is 0 Å². The number of aliphatic hydroxyl groups is 1. The summed E-state index contributed by atoms with van der Waals surface area (Å²) in [7, 11) is -3.62. The first-order chi connectivity index (χ1) is 11.1. The van der Waals surface area contributed by atoms with E-state index in [1.54, 1.807) is 36.4 Å². The number of rotatable bonds is 5. The van der Waals surface area contributed by atoms with Crippen LogP contribution in [0.5, 0.6) is 0 Å². The van der Waals surface area contributed by atoms with Crippen LogP contribution in [0.2, 0.25) is 0 Å². The van der Waals surface area contributed by atoms with Crippen LogP contribution < -0.4 is 0 Å². The zero-order chi connectivity index (χ0) is 16.3. The molecule has 0 aliphatic rings. The molecule has 118 valence electrons. The average Bonchev–Trinajstić information content (AvgIpc) is 3.07. The lowest BCUT2D eigenvalue weighted by Gasteiger charge is -2.09. The molecule has 1 N–H and O–H groups in total. The van der Waals surface area contributed by atoms with E-state index in [1.807, 2.05) is 30.3 Å². The van der Waals surface area contributed by atoms with Gasteiger partial charge in [-0.2, -0.15) is 0 Å². The van der Waals surface area contributed by atoms with E-state index < -0.39 is 16.1 Å². The molecular formula is C18H17NO3S. The maximum atomic E-state index is 12.5. The summed E-state index contributed by atoms with van der Waals surface area (Å²) in [5.41, 5.74) is 1.58. The van der Waals surface area contributed by atoms with Gasteiger partial charge in [0, 0.05) is 18.8 Å². The number of hydrogen-bond donors (Lipinski definition) is 1. The SMILES string of the molecule is O=S(=O)(c1ccccc1)n1ccc(C(O)Cc2ccccc2)c1. The van der Waals surface area contributed by atoms with Gasteiger partial charge in [-0.05, 0) is 29.3 Å². The summed E-state index contributed by atoms with van der Waals surface area (Å²) in [5, 5.41) is 10.3. The summed E-state index contributed by atoms with van der Waals surface area (Å²) in [4.78, 5) is 0.222. The van der Waals surface area contributed by atoms with E-state index >= 15 is 0 Å². The van der Waals surface area contributed by atoms with Crippen molar-refractivity contribution in [3.8, 4) is 0 Å². The first-order valence-corrected chi connectivity index (χ1v) is 8.72. The fraction of sp³-hybridized carbons (Fsp3) is 0.111. The third kappa shape index (κ3) is 3.36. The standard InChI is InChI=1S/C18H17NO3S/c20-18(13-15-7-3-1-4-8-15)16-11-12-19(14-16)23(21,22)17-9-5-2-6-10-17/h1-12,14,18,20H,13H2. The van der Waals surface area contributed by atoms with Crippen LogP contribution in [0.25, 0.3) is 0 Å². The molecule has 0 radical (unpaired) electrons. The van der Waals surface area contributed by atoms with Crippen molar-refractivity contribution >= 4 is 10.0 Å². The number of benzene rings is 2. The predicted molar refractivity (Wildman–Crippen MR) is 88.6 cm³/mol. The van der Waals surface area contributed by atoms with Crippen molar-refractivity contribution < 1.29 is 13.5 Å². The highest BCUT2D eigenvalue weighted by Gasteiger charge is 2.18. The van der Waals surface area contributed by atoms with Crippen LogP contribution in [0.1, 0.15) is 17.2 Å². The highest BCUT2D eigenvalue weighted by atomic mass is 32.2. The van der Waals surface area contributed by atoms with Gasteiger partial charge < -0.3 is 5.11 Å². The number of aromatic nitrogens is 1. The van der Waals surface area contributed by atoms with Gasteiger partial charge >= 0.3 is 0 Å². The van der Waals surface area contributed by atoms with Gasteiger partial charge in [0.2, 0.25) is 0 Å². The zero-order valence-corrected chi connectivity index (χ0v) is 13.2. The van der Waals surface area contributed by atoms with E-state index in [0.717, 1.165) is 9.54 Å². The van der Waals surface area contributed by atoms with Crippen molar-refractivity contribution in [3.05, 3.63) is 90.3 Å². The molecule has 1 aromatic heterocycles. The molecular weight excluding hydrogens is 310 g/mol. The van der Waals surface area contributed by atoms with Gasteiger partial charge in [-0.3, -0.25) is 0 Å². The van der Waals surface area contributed by atoms with Crippen molar-refractivity contribution in [2.24, 2.45) is 0 Å². The average molecular weight is 327 g/mol. The summed E-state index contributed by atoms with van der Waals surface area (Å²) in [6, 6.07) is 19.5. The monoisotopic (exact) mass is 327 g/mol. The Morgan fingerprint density at radius 3 is 2.17 bits per heavy atom. The molecule has 23 heavy (non-hydrogen) atoms. The van der Waals surface area contributed by atoms with Crippen LogP contribution >= 0.6 is 0 Å². The Kier molecular flexibility index (Phi) is 4.32. The maximum Gasteiger partial charge on any atom is 0.267 e. The van der Waals surface area contributed by atoms with E-state index in [2.05, 4.69) is 0 Å². The maximum absolute atomic E-state index is 12.5. The van der Waals surface area contributed by atoms with Gasteiger partial charge in [-0.25, -0.2) is 12.4 Å². The highest BCUT2D eigenvalue weighted by Crippen LogP contribution is 2.21. The largest absolute Gasteiger partial charge is 0.388 e. The molecule has 3 rings (SSSR count). The first-order valence-electron chi connectivity index (χ1n) is 7.28. The van der Waals surface area contributed by atoms with Gasteiger partial charge in [0.05, 0.1) is 11.0 Å². The molecule has 5 heteroatoms. The van der Waals surface area contributed by atoms with Crippen LogP contribution in [0.3, 0.4) is 0 Å².